The summed E-state index contributed by atoms with van der Waals surface area (Å²) in [5.74, 6) is -0.786. The van der Waals surface area contributed by atoms with Gasteiger partial charge >= 0.3 is 0 Å². The van der Waals surface area contributed by atoms with Crippen LogP contribution in [0.5, 0.6) is 0 Å². The van der Waals surface area contributed by atoms with Crippen LogP contribution in [0.2, 0.25) is 10.0 Å². The van der Waals surface area contributed by atoms with Crippen molar-refractivity contribution >= 4 is 40.7 Å². The predicted molar refractivity (Wildman–Crippen MR) is 95.0 cm³/mol. The maximum atomic E-state index is 13.0. The number of benzene rings is 1. The van der Waals surface area contributed by atoms with Gasteiger partial charge in [0.25, 0.3) is 0 Å². The van der Waals surface area contributed by atoms with Gasteiger partial charge in [-0.2, -0.15) is 0 Å². The van der Waals surface area contributed by atoms with Crippen molar-refractivity contribution in [3.8, 4) is 0 Å². The molecule has 0 aromatic heterocycles. The normalized spacial score (nSPS) is 32.8. The molecule has 0 radical (unpaired) electrons. The van der Waals surface area contributed by atoms with Crippen LogP contribution in [0.25, 0.3) is 0 Å². The first-order valence-electron chi connectivity index (χ1n) is 8.16. The first-order valence-corrected chi connectivity index (χ1v) is 8.92. The highest BCUT2D eigenvalue weighted by Crippen LogP contribution is 2.57. The number of hydrogen-bond donors (Lipinski definition) is 0. The monoisotopic (exact) mass is 361 g/mol. The summed E-state index contributed by atoms with van der Waals surface area (Å²) in [6.45, 7) is 4.21. The van der Waals surface area contributed by atoms with Crippen molar-refractivity contribution in [3.05, 3.63) is 51.5 Å². The molecule has 24 heavy (non-hydrogen) atoms. The fraction of sp³-hybridized carbons (Fsp3) is 0.368. The van der Waals surface area contributed by atoms with Gasteiger partial charge in [-0.25, -0.2) is 4.90 Å². The van der Waals surface area contributed by atoms with Crippen LogP contribution in [-0.4, -0.2) is 11.8 Å². The molecule has 0 unspecified atom stereocenters. The van der Waals surface area contributed by atoms with E-state index in [4.69, 9.17) is 23.2 Å². The van der Waals surface area contributed by atoms with Crippen LogP contribution in [0.4, 0.5) is 5.69 Å². The van der Waals surface area contributed by atoms with Crippen molar-refractivity contribution < 1.29 is 9.59 Å². The highest BCUT2D eigenvalue weighted by molar-refractivity contribution is 6.38. The van der Waals surface area contributed by atoms with E-state index in [9.17, 15) is 9.59 Å². The minimum Gasteiger partial charge on any atom is -0.274 e. The molecule has 3 aliphatic rings. The van der Waals surface area contributed by atoms with Gasteiger partial charge in [0.2, 0.25) is 11.8 Å². The highest BCUT2D eigenvalue weighted by atomic mass is 35.5. The topological polar surface area (TPSA) is 37.4 Å². The molecule has 0 N–H and O–H groups in total. The standard InChI is InChI=1S/C19H17Cl2NO2/c1-3-9(2)15-11-5-6-12(15)17-16(11)18(23)22(19(17)24)14-7-4-10(20)8-13(14)21/h4-8,11-12,16-17H,3H2,1-2H3/t11-,12+,16-,17-/m1/s1. The van der Waals surface area contributed by atoms with E-state index in [1.54, 1.807) is 18.2 Å². The summed E-state index contributed by atoms with van der Waals surface area (Å²) in [7, 11) is 0. The number of amides is 2. The zero-order chi connectivity index (χ0) is 17.2. The first kappa shape index (κ1) is 15.9. The molecule has 2 amide bonds. The molecule has 5 heteroatoms. The van der Waals surface area contributed by atoms with Gasteiger partial charge in [-0.3, -0.25) is 9.59 Å². The number of anilines is 1. The SMILES string of the molecule is CCC(C)=C1[C@H]2C=C[C@@H]1[C@H]1C(=O)N(c3ccc(Cl)cc3Cl)C(=O)[C@@H]12. The quantitative estimate of drug-likeness (QED) is 0.568. The zero-order valence-corrected chi connectivity index (χ0v) is 14.9. The van der Waals surface area contributed by atoms with Gasteiger partial charge < -0.3 is 0 Å². The molecular formula is C19H17Cl2NO2. The summed E-state index contributed by atoms with van der Waals surface area (Å²) in [6, 6.07) is 4.86. The van der Waals surface area contributed by atoms with Crippen LogP contribution in [0.3, 0.4) is 0 Å². The lowest BCUT2D eigenvalue weighted by molar-refractivity contribution is -0.122. The molecule has 1 aromatic carbocycles. The van der Waals surface area contributed by atoms with Gasteiger partial charge in [-0.05, 0) is 31.5 Å². The summed E-state index contributed by atoms with van der Waals surface area (Å²) >= 11 is 12.2. The number of allylic oxidation sites excluding steroid dienone is 4. The number of carbonyl (C=O) groups is 2. The molecule has 124 valence electrons. The van der Waals surface area contributed by atoms with Gasteiger partial charge in [0.1, 0.15) is 0 Å². The maximum Gasteiger partial charge on any atom is 0.238 e. The number of halogens is 2. The second kappa shape index (κ2) is 5.47. The molecule has 2 aliphatic carbocycles. The molecule has 1 saturated heterocycles. The van der Waals surface area contributed by atoms with Gasteiger partial charge in [0, 0.05) is 16.9 Å². The molecule has 0 spiro atoms. The minimum absolute atomic E-state index is 0.0486. The van der Waals surface area contributed by atoms with Crippen LogP contribution in [0, 0.1) is 23.7 Å². The molecule has 1 heterocycles. The van der Waals surface area contributed by atoms with E-state index in [2.05, 4.69) is 26.0 Å². The lowest BCUT2D eigenvalue weighted by Gasteiger charge is -2.20. The van der Waals surface area contributed by atoms with E-state index in [1.807, 2.05) is 0 Å². The molecule has 1 saturated carbocycles. The second-order valence-corrected chi connectivity index (χ2v) is 7.53. The Labute approximate surface area is 150 Å². The fourth-order valence-corrected chi connectivity index (χ4v) is 4.93. The van der Waals surface area contributed by atoms with Gasteiger partial charge in [0.05, 0.1) is 22.5 Å². The van der Waals surface area contributed by atoms with Crippen LogP contribution in [0.1, 0.15) is 20.3 Å². The average Bonchev–Trinajstić information content (AvgIpc) is 3.18. The summed E-state index contributed by atoms with van der Waals surface area (Å²) in [5, 5.41) is 0.804. The molecule has 4 rings (SSSR count). The van der Waals surface area contributed by atoms with Gasteiger partial charge in [-0.15, -0.1) is 0 Å². The maximum absolute atomic E-state index is 13.0. The largest absolute Gasteiger partial charge is 0.274 e. The van der Waals surface area contributed by atoms with Crippen LogP contribution in [-0.2, 0) is 9.59 Å². The Morgan fingerprint density at radius 1 is 1.08 bits per heavy atom. The summed E-state index contributed by atoms with van der Waals surface area (Å²) in [6.07, 6.45) is 5.13. The van der Waals surface area contributed by atoms with Crippen LogP contribution >= 0.6 is 23.2 Å². The van der Waals surface area contributed by atoms with Gasteiger partial charge in [-0.1, -0.05) is 53.4 Å². The van der Waals surface area contributed by atoms with Crippen molar-refractivity contribution in [1.82, 2.24) is 0 Å². The Morgan fingerprint density at radius 3 is 2.17 bits per heavy atom. The van der Waals surface area contributed by atoms with E-state index in [0.717, 1.165) is 6.42 Å². The fourth-order valence-electron chi connectivity index (χ4n) is 4.44. The van der Waals surface area contributed by atoms with Gasteiger partial charge in [0.15, 0.2) is 0 Å². The number of hydrogen-bond acceptors (Lipinski definition) is 2. The molecule has 3 nitrogen and oxygen atoms in total. The van der Waals surface area contributed by atoms with E-state index < -0.39 is 0 Å². The van der Waals surface area contributed by atoms with Crippen LogP contribution < -0.4 is 4.90 Å². The van der Waals surface area contributed by atoms with Crippen molar-refractivity contribution in [2.45, 2.75) is 20.3 Å². The number of imide groups is 1. The summed E-state index contributed by atoms with van der Waals surface area (Å²) in [4.78, 5) is 27.3. The molecule has 4 atom stereocenters. The van der Waals surface area contributed by atoms with Crippen molar-refractivity contribution in [3.63, 3.8) is 0 Å². The Hall–Kier alpha value is -1.58. The zero-order valence-electron chi connectivity index (χ0n) is 13.4. The van der Waals surface area contributed by atoms with Crippen molar-refractivity contribution in [2.24, 2.45) is 23.7 Å². The lowest BCUT2D eigenvalue weighted by Crippen LogP contribution is -2.33. The average molecular weight is 362 g/mol. The molecular weight excluding hydrogens is 345 g/mol. The highest BCUT2D eigenvalue weighted by Gasteiger charge is 2.62. The lowest BCUT2D eigenvalue weighted by atomic mass is 9.85. The second-order valence-electron chi connectivity index (χ2n) is 6.68. The first-order chi connectivity index (χ1) is 11.5. The number of nitrogens with zero attached hydrogens (tertiary/aromatic N) is 1. The van der Waals surface area contributed by atoms with E-state index in [-0.39, 0.29) is 35.5 Å². The summed E-state index contributed by atoms with van der Waals surface area (Å²) < 4.78 is 0. The third-order valence-electron chi connectivity index (χ3n) is 5.59. The van der Waals surface area contributed by atoms with Crippen molar-refractivity contribution in [2.75, 3.05) is 4.90 Å². The van der Waals surface area contributed by atoms with Crippen molar-refractivity contribution in [1.29, 1.82) is 0 Å². The van der Waals surface area contributed by atoms with E-state index in [1.165, 1.54) is 16.0 Å². The number of fused-ring (bicyclic) bond motifs is 5. The third-order valence-corrected chi connectivity index (χ3v) is 6.13. The minimum atomic E-state index is -0.296. The Morgan fingerprint density at radius 2 is 1.67 bits per heavy atom. The van der Waals surface area contributed by atoms with E-state index >= 15 is 0 Å². The number of carbonyl (C=O) groups excluding carboxylic acids is 2. The molecule has 1 aromatic rings. The Balaban J connectivity index is 1.77. The molecule has 2 bridgehead atoms. The number of rotatable bonds is 2. The Bertz CT molecular complexity index is 793. The molecule has 2 fully saturated rings. The third kappa shape index (κ3) is 1.98. The molecule has 1 aliphatic heterocycles. The smallest absolute Gasteiger partial charge is 0.238 e. The van der Waals surface area contributed by atoms with Crippen LogP contribution in [0.15, 0.2) is 41.5 Å². The Kier molecular flexibility index (Phi) is 3.63. The predicted octanol–water partition coefficient (Wildman–Crippen LogP) is 4.64. The summed E-state index contributed by atoms with van der Waals surface area (Å²) in [5.41, 5.74) is 3.00. The van der Waals surface area contributed by atoms with E-state index in [0.29, 0.717) is 15.7 Å².